The number of hydrogen-bond donors (Lipinski definition) is 0. The maximum absolute atomic E-state index is 13.9. The lowest BCUT2D eigenvalue weighted by molar-refractivity contribution is -0.00117. The average molecular weight is 398 g/mol. The second-order valence-electron chi connectivity index (χ2n) is 6.32. The van der Waals surface area contributed by atoms with Crippen LogP contribution in [0.15, 0.2) is 53.1 Å². The molecule has 0 amide bonds. The van der Waals surface area contributed by atoms with Crippen LogP contribution in [-0.2, 0) is 17.9 Å². The maximum Gasteiger partial charge on any atom is 0.280 e. The molecule has 0 N–H and O–H groups in total. The Morgan fingerprint density at radius 3 is 2.75 bits per heavy atom. The Morgan fingerprint density at radius 2 is 1.93 bits per heavy atom. The van der Waals surface area contributed by atoms with Gasteiger partial charge in [0.05, 0.1) is 24.4 Å². The second-order valence-corrected chi connectivity index (χ2v) is 6.76. The predicted molar refractivity (Wildman–Crippen MR) is 97.7 cm³/mol. The quantitative estimate of drug-likeness (QED) is 0.518. The minimum absolute atomic E-state index is 0.157. The van der Waals surface area contributed by atoms with E-state index < -0.39 is 5.82 Å². The zero-order chi connectivity index (χ0) is 19.1. The van der Waals surface area contributed by atoms with Gasteiger partial charge in [-0.05, 0) is 29.8 Å². The van der Waals surface area contributed by atoms with Crippen molar-refractivity contribution in [3.05, 3.63) is 70.6 Å². The molecule has 9 heteroatoms. The van der Waals surface area contributed by atoms with Crippen LogP contribution in [-0.4, -0.2) is 25.1 Å². The minimum Gasteiger partial charge on any atom is -0.365 e. The van der Waals surface area contributed by atoms with Crippen LogP contribution in [0.3, 0.4) is 0 Å². The molecule has 0 saturated heterocycles. The summed E-state index contributed by atoms with van der Waals surface area (Å²) in [7, 11) is 0. The Balaban J connectivity index is 1.43. The Hall–Kier alpha value is -3.10. The van der Waals surface area contributed by atoms with Gasteiger partial charge in [-0.1, -0.05) is 46.2 Å². The maximum atomic E-state index is 13.9. The molecule has 0 aliphatic carbocycles. The SMILES string of the molecule is Fc1ccccc1-c1noc(-c2nnn3c2CO[C@@H](c2ccc(Cl)cc2)C3)n1. The molecule has 140 valence electrons. The monoisotopic (exact) mass is 397 g/mol. The van der Waals surface area contributed by atoms with E-state index in [1.165, 1.54) is 6.07 Å². The molecule has 1 aliphatic rings. The fraction of sp³-hybridized carbons (Fsp3) is 0.158. The first-order valence-corrected chi connectivity index (χ1v) is 8.95. The summed E-state index contributed by atoms with van der Waals surface area (Å²) in [6, 6.07) is 13.7. The molecular weight excluding hydrogens is 385 g/mol. The lowest BCUT2D eigenvalue weighted by Crippen LogP contribution is -2.22. The zero-order valence-electron chi connectivity index (χ0n) is 14.4. The molecule has 3 heterocycles. The average Bonchev–Trinajstić information content (AvgIpc) is 3.35. The van der Waals surface area contributed by atoms with Crippen LogP contribution in [0.2, 0.25) is 5.02 Å². The summed E-state index contributed by atoms with van der Waals surface area (Å²) in [5.41, 5.74) is 2.43. The summed E-state index contributed by atoms with van der Waals surface area (Å²) < 4.78 is 27.0. The molecule has 0 saturated carbocycles. The Morgan fingerprint density at radius 1 is 1.11 bits per heavy atom. The van der Waals surface area contributed by atoms with Crippen molar-refractivity contribution in [2.75, 3.05) is 0 Å². The molecule has 0 unspecified atom stereocenters. The van der Waals surface area contributed by atoms with E-state index in [2.05, 4.69) is 20.5 Å². The predicted octanol–water partition coefficient (Wildman–Crippen LogP) is 4.06. The van der Waals surface area contributed by atoms with Crippen molar-refractivity contribution in [3.63, 3.8) is 0 Å². The van der Waals surface area contributed by atoms with Crippen molar-refractivity contribution in [3.8, 4) is 23.0 Å². The molecule has 0 fully saturated rings. The van der Waals surface area contributed by atoms with Gasteiger partial charge in [-0.2, -0.15) is 4.98 Å². The Bertz CT molecular complexity index is 1140. The number of fused-ring (bicyclic) bond motifs is 1. The van der Waals surface area contributed by atoms with Gasteiger partial charge in [-0.15, -0.1) is 5.10 Å². The van der Waals surface area contributed by atoms with Crippen LogP contribution in [0, 0.1) is 5.82 Å². The number of halogens is 2. The van der Waals surface area contributed by atoms with E-state index in [9.17, 15) is 4.39 Å². The summed E-state index contributed by atoms with van der Waals surface area (Å²) >= 11 is 5.94. The van der Waals surface area contributed by atoms with Crippen molar-refractivity contribution in [1.29, 1.82) is 0 Å². The van der Waals surface area contributed by atoms with Crippen LogP contribution in [0.5, 0.6) is 0 Å². The van der Waals surface area contributed by atoms with Crippen LogP contribution in [0.25, 0.3) is 23.0 Å². The number of aromatic nitrogens is 5. The van der Waals surface area contributed by atoms with E-state index in [0.717, 1.165) is 11.3 Å². The fourth-order valence-corrected chi connectivity index (χ4v) is 3.25. The summed E-state index contributed by atoms with van der Waals surface area (Å²) in [6.07, 6.45) is -0.157. The van der Waals surface area contributed by atoms with Crippen molar-refractivity contribution in [2.24, 2.45) is 0 Å². The first-order valence-electron chi connectivity index (χ1n) is 8.57. The van der Waals surface area contributed by atoms with Crippen molar-refractivity contribution in [1.82, 2.24) is 25.1 Å². The number of rotatable bonds is 3. The highest BCUT2D eigenvalue weighted by molar-refractivity contribution is 6.30. The molecule has 1 atom stereocenters. The molecule has 1 aliphatic heterocycles. The van der Waals surface area contributed by atoms with Crippen molar-refractivity contribution >= 4 is 11.6 Å². The molecule has 7 nitrogen and oxygen atoms in total. The number of hydrogen-bond acceptors (Lipinski definition) is 6. The second kappa shape index (κ2) is 6.81. The van der Waals surface area contributed by atoms with Gasteiger partial charge in [0.2, 0.25) is 5.82 Å². The van der Waals surface area contributed by atoms with E-state index in [1.54, 1.807) is 22.9 Å². The molecule has 4 aromatic rings. The van der Waals surface area contributed by atoms with Crippen molar-refractivity contribution < 1.29 is 13.7 Å². The smallest absolute Gasteiger partial charge is 0.280 e. The van der Waals surface area contributed by atoms with Gasteiger partial charge >= 0.3 is 0 Å². The first-order chi connectivity index (χ1) is 13.7. The third kappa shape index (κ3) is 2.96. The van der Waals surface area contributed by atoms with Gasteiger partial charge < -0.3 is 9.26 Å². The van der Waals surface area contributed by atoms with E-state index in [-0.39, 0.29) is 30.0 Å². The van der Waals surface area contributed by atoms with Crippen molar-refractivity contribution in [2.45, 2.75) is 19.3 Å². The van der Waals surface area contributed by atoms with E-state index in [0.29, 0.717) is 17.3 Å². The van der Waals surface area contributed by atoms with Crippen LogP contribution >= 0.6 is 11.6 Å². The molecule has 0 bridgehead atoms. The third-order valence-corrected chi connectivity index (χ3v) is 4.83. The Labute approximate surface area is 163 Å². The summed E-state index contributed by atoms with van der Waals surface area (Å²) in [5, 5.41) is 12.9. The molecule has 0 radical (unpaired) electrons. The molecule has 5 rings (SSSR count). The van der Waals surface area contributed by atoms with E-state index >= 15 is 0 Å². The van der Waals surface area contributed by atoms with Gasteiger partial charge in [0.25, 0.3) is 5.89 Å². The lowest BCUT2D eigenvalue weighted by Gasteiger charge is -2.24. The lowest BCUT2D eigenvalue weighted by atomic mass is 10.1. The Kier molecular flexibility index (Phi) is 4.14. The number of benzene rings is 2. The summed E-state index contributed by atoms with van der Waals surface area (Å²) in [4.78, 5) is 4.27. The highest BCUT2D eigenvalue weighted by atomic mass is 35.5. The minimum atomic E-state index is -0.422. The summed E-state index contributed by atoms with van der Waals surface area (Å²) in [6.45, 7) is 0.783. The highest BCUT2D eigenvalue weighted by Gasteiger charge is 2.28. The number of ether oxygens (including phenoxy) is 1. The molecule has 2 aromatic carbocycles. The number of nitrogens with zero attached hydrogens (tertiary/aromatic N) is 5. The van der Waals surface area contributed by atoms with E-state index in [1.807, 2.05) is 24.3 Å². The molecule has 28 heavy (non-hydrogen) atoms. The molecule has 2 aromatic heterocycles. The highest BCUT2D eigenvalue weighted by Crippen LogP contribution is 2.31. The van der Waals surface area contributed by atoms with Gasteiger partial charge in [-0.3, -0.25) is 0 Å². The van der Waals surface area contributed by atoms with E-state index in [4.69, 9.17) is 20.9 Å². The third-order valence-electron chi connectivity index (χ3n) is 4.58. The zero-order valence-corrected chi connectivity index (χ0v) is 15.2. The topological polar surface area (TPSA) is 78.9 Å². The molecule has 0 spiro atoms. The first kappa shape index (κ1) is 17.0. The van der Waals surface area contributed by atoms with Gasteiger partial charge in [0.1, 0.15) is 11.9 Å². The largest absolute Gasteiger partial charge is 0.365 e. The van der Waals surface area contributed by atoms with Gasteiger partial charge in [-0.25, -0.2) is 9.07 Å². The van der Waals surface area contributed by atoms with Crippen LogP contribution in [0.1, 0.15) is 17.4 Å². The normalized spacial score (nSPS) is 16.1. The fourth-order valence-electron chi connectivity index (χ4n) is 3.13. The summed E-state index contributed by atoms with van der Waals surface area (Å²) in [5.74, 6) is -0.0901. The van der Waals surface area contributed by atoms with Gasteiger partial charge in [0.15, 0.2) is 5.69 Å². The standard InChI is InChI=1S/C19H13ClFN5O2/c20-12-7-5-11(6-8-12)16-9-26-15(10-27-16)17(23-25-26)19-22-18(24-28-19)13-3-1-2-4-14(13)21/h1-8,16H,9-10H2/t16-/m1/s1. The van der Waals surface area contributed by atoms with Gasteiger partial charge in [0, 0.05) is 5.02 Å². The van der Waals surface area contributed by atoms with Crippen LogP contribution in [0.4, 0.5) is 4.39 Å². The van der Waals surface area contributed by atoms with Crippen LogP contribution < -0.4 is 0 Å². The molecular formula is C19H13ClFN5O2.